The third kappa shape index (κ3) is 18.0. The molecule has 3 aliphatic heterocycles. The highest BCUT2D eigenvalue weighted by Gasteiger charge is 2.53. The minimum absolute atomic E-state index is 0.110. The van der Waals surface area contributed by atoms with Crippen LogP contribution in [0.3, 0.4) is 0 Å². The topological polar surface area (TPSA) is 280 Å². The van der Waals surface area contributed by atoms with Gasteiger partial charge in [-0.05, 0) is 197 Å². The summed E-state index contributed by atoms with van der Waals surface area (Å²) in [5.41, 5.74) is 8.69. The van der Waals surface area contributed by atoms with Gasteiger partial charge in [-0.3, -0.25) is 19.2 Å². The molecule has 11 rings (SSSR count). The molecule has 0 aromatic carbocycles. The van der Waals surface area contributed by atoms with Crippen LogP contribution >= 0.6 is 94.2 Å². The Kier molecular flexibility index (Phi) is 26.0. The zero-order chi connectivity index (χ0) is 69.6. The highest BCUT2D eigenvalue weighted by Crippen LogP contribution is 2.48. The molecular formula is C64H84BBr3Cl4N12O10. The quantitative estimate of drug-likeness (QED) is 0.0929. The summed E-state index contributed by atoms with van der Waals surface area (Å²) in [5, 5.41) is 23.5. The average Bonchev–Trinajstić information content (AvgIpc) is 1.37. The second-order valence-electron chi connectivity index (χ2n) is 26.3. The predicted octanol–water partition coefficient (Wildman–Crippen LogP) is 11.0. The lowest BCUT2D eigenvalue weighted by Gasteiger charge is -2.44. The van der Waals surface area contributed by atoms with E-state index in [0.29, 0.717) is 53.4 Å². The van der Waals surface area contributed by atoms with Gasteiger partial charge in [-0.2, -0.15) is 0 Å². The van der Waals surface area contributed by atoms with Gasteiger partial charge < -0.3 is 63.8 Å². The minimum Gasteiger partial charge on any atom is -0.444 e. The zero-order valence-electron chi connectivity index (χ0n) is 55.1. The van der Waals surface area contributed by atoms with E-state index in [1.807, 2.05) is 62.3 Å². The Morgan fingerprint density at radius 1 is 0.681 bits per heavy atom. The zero-order valence-corrected chi connectivity index (χ0v) is 62.9. The van der Waals surface area contributed by atoms with Crippen LogP contribution < -0.4 is 48.6 Å². The van der Waals surface area contributed by atoms with Crippen LogP contribution in [-0.4, -0.2) is 117 Å². The van der Waals surface area contributed by atoms with Gasteiger partial charge in [-0.25, -0.2) is 24.7 Å². The summed E-state index contributed by atoms with van der Waals surface area (Å²) in [6.45, 7) is 20.3. The molecule has 2 saturated carbocycles. The number of aromatic nitrogens is 8. The molecule has 0 radical (unpaired) electrons. The van der Waals surface area contributed by atoms with Crippen LogP contribution in [0.1, 0.15) is 135 Å². The molecule has 2 spiro atoms. The number of alkyl carbamates (subject to hydrolysis) is 1. The Hall–Kier alpha value is -4.71. The van der Waals surface area contributed by atoms with Crippen molar-refractivity contribution < 1.29 is 29.1 Å². The number of nitrogens with one attached hydrogen (secondary N) is 2. The molecular weight excluding hydrogens is 1490 g/mol. The number of hydrogen-bond acceptors (Lipinski definition) is 17. The van der Waals surface area contributed by atoms with E-state index in [-0.39, 0.29) is 78.5 Å². The second kappa shape index (κ2) is 31.9. The Balaban J connectivity index is 0.000000178. The maximum Gasteiger partial charge on any atom is 0.496 e. The lowest BCUT2D eigenvalue weighted by atomic mass is 9.74. The van der Waals surface area contributed by atoms with E-state index in [0.717, 1.165) is 94.9 Å². The van der Waals surface area contributed by atoms with Crippen LogP contribution in [0.4, 0.5) is 16.4 Å². The van der Waals surface area contributed by atoms with E-state index in [9.17, 15) is 34.2 Å². The maximum absolute atomic E-state index is 12.3. The number of hydrogen-bond donors (Lipinski definition) is 5. The maximum atomic E-state index is 12.3. The van der Waals surface area contributed by atoms with Gasteiger partial charge >= 0.3 is 13.2 Å². The number of anilines is 2. The van der Waals surface area contributed by atoms with Gasteiger partial charge in [0.15, 0.2) is 11.6 Å². The number of pyridine rings is 4. The van der Waals surface area contributed by atoms with E-state index < -0.39 is 23.9 Å². The molecule has 22 nitrogen and oxygen atoms in total. The van der Waals surface area contributed by atoms with Gasteiger partial charge in [-0.15, -0.1) is 0 Å². The number of aryl methyl sites for hydroxylation is 5. The highest BCUT2D eigenvalue weighted by atomic mass is 79.9. The number of rotatable bonds is 7. The number of amides is 1. The average molecular weight is 1570 g/mol. The molecule has 5 fully saturated rings. The molecule has 512 valence electrons. The van der Waals surface area contributed by atoms with E-state index in [4.69, 9.17) is 71.2 Å². The van der Waals surface area contributed by atoms with E-state index in [1.165, 1.54) is 32.7 Å². The molecule has 94 heavy (non-hydrogen) atoms. The molecule has 6 aromatic heterocycles. The van der Waals surface area contributed by atoms with Crippen molar-refractivity contribution in [3.63, 3.8) is 0 Å². The number of aliphatic hydroxyl groups is 2. The number of carbonyl (C=O) groups is 1. The lowest BCUT2D eigenvalue weighted by Crippen LogP contribution is -2.51. The van der Waals surface area contributed by atoms with Crippen molar-refractivity contribution in [2.75, 3.05) is 36.0 Å². The highest BCUT2D eigenvalue weighted by molar-refractivity contribution is 9.11. The molecule has 2 atom stereocenters. The number of piperidine rings is 2. The molecule has 0 bridgehead atoms. The number of carbonyl (C=O) groups excluding carboxylic acids is 1. The number of aliphatic hydroxyl groups excluding tert-OH is 2. The third-order valence-corrected chi connectivity index (χ3v) is 22.4. The number of aromatic amines is 1. The van der Waals surface area contributed by atoms with Crippen molar-refractivity contribution in [1.82, 2.24) is 43.9 Å². The second-order valence-corrected chi connectivity index (χ2v) is 30.3. The van der Waals surface area contributed by atoms with E-state index in [2.05, 4.69) is 82.8 Å². The molecule has 3 saturated heterocycles. The van der Waals surface area contributed by atoms with Crippen molar-refractivity contribution in [1.29, 1.82) is 0 Å². The first kappa shape index (κ1) is 76.7. The fraction of sp³-hybridized carbons (Fsp3) is 0.547. The Morgan fingerprint density at radius 2 is 1.16 bits per heavy atom. The summed E-state index contributed by atoms with van der Waals surface area (Å²) in [5.74, 6) is 1.49. The van der Waals surface area contributed by atoms with Crippen molar-refractivity contribution in [3.8, 4) is 11.3 Å². The van der Waals surface area contributed by atoms with Crippen molar-refractivity contribution in [2.24, 2.45) is 37.7 Å². The standard InChI is InChI=1S/C21H28ClN5O2.C20H31BrN4O3.C12H17BClNO3.C6H5BrClNO.C5H3BrClNO/c1-13-18(14-5-9-26(2)20(29)17(14)22)25-15(12-28)19(24-13)27-10-7-21(8-11-27)6-3-4-16(21)23;1-13-16(21)23-14(12-26)17(22-13)25-10-8-20(9-11-25)7-5-6-15(20)24-18(27)28-19(2,3)4;1-11(2)12(3,4)18-13(17-11)8-6-7-15(5)10(16)9(8)14;1-9-3-2-4(7)5(8)6(9)10;6-3-1-2-8-5(9)4(3)7/h5,9,16,28H,3-4,6-8,10-12,23H2,1-2H3;15,26H,5-12H2,1-4H3,(H,24,27);6-7H,1-5H3;2-3H,1H3;1-2H,(H,8,9)/t16-;15-;;;/m11.../s1. The monoisotopic (exact) mass is 1570 g/mol. The van der Waals surface area contributed by atoms with Gasteiger partial charge in [0.2, 0.25) is 0 Å². The number of halogens is 7. The first-order valence-electron chi connectivity index (χ1n) is 31.0. The number of nitrogens with zero attached hydrogens (tertiary/aromatic N) is 9. The van der Waals surface area contributed by atoms with Crippen LogP contribution in [-0.2, 0) is 48.4 Å². The lowest BCUT2D eigenvalue weighted by molar-refractivity contribution is 0.00578. The first-order chi connectivity index (χ1) is 44.0. The largest absolute Gasteiger partial charge is 0.496 e. The predicted molar refractivity (Wildman–Crippen MR) is 382 cm³/mol. The third-order valence-electron chi connectivity index (χ3n) is 18.4. The smallest absolute Gasteiger partial charge is 0.444 e. The van der Waals surface area contributed by atoms with Crippen LogP contribution in [0, 0.1) is 24.7 Å². The molecule has 6 aromatic rings. The summed E-state index contributed by atoms with van der Waals surface area (Å²) in [6.07, 6.45) is 17.0. The fourth-order valence-electron chi connectivity index (χ4n) is 12.1. The van der Waals surface area contributed by atoms with Crippen LogP contribution in [0.2, 0.25) is 20.1 Å². The van der Waals surface area contributed by atoms with Gasteiger partial charge in [0.1, 0.15) is 41.7 Å². The normalized spacial score (nSPS) is 19.1. The summed E-state index contributed by atoms with van der Waals surface area (Å²) < 4.78 is 23.4. The molecule has 6 N–H and O–H groups in total. The summed E-state index contributed by atoms with van der Waals surface area (Å²) in [6, 6.07) is 7.35. The summed E-state index contributed by atoms with van der Waals surface area (Å²) in [7, 11) is 4.36. The van der Waals surface area contributed by atoms with Gasteiger partial charge in [0.25, 0.3) is 22.2 Å². The van der Waals surface area contributed by atoms with Crippen molar-refractivity contribution in [3.05, 3.63) is 147 Å². The van der Waals surface area contributed by atoms with Gasteiger partial charge in [-0.1, -0.05) is 59.2 Å². The molecule has 30 heteroatoms. The molecule has 9 heterocycles. The first-order valence-corrected chi connectivity index (χ1v) is 34.9. The molecule has 1 amide bonds. The van der Waals surface area contributed by atoms with E-state index in [1.54, 1.807) is 64.0 Å². The molecule has 2 aliphatic carbocycles. The van der Waals surface area contributed by atoms with Crippen LogP contribution in [0.15, 0.2) is 81.8 Å². The number of nitrogens with two attached hydrogens (primary N) is 1. The fourth-order valence-corrected chi connectivity index (χ4v) is 13.9. The van der Waals surface area contributed by atoms with Gasteiger partial charge in [0.05, 0.1) is 41.5 Å². The SMILES string of the molecule is Cc1nc(N2CCC3(CCC[C@H]3N)CC2)c(CO)nc1-c1ccn(C)c(=O)c1Cl.Cc1nc(N2CCC3(CCC[C@H]3NC(=O)OC(C)(C)C)CC2)c(CO)nc1Br.Cn1ccc(B2OC(C)(C)C(C)(C)O2)c(Cl)c1=O.Cn1ccc(Br)c(Cl)c1=O.O=c1[nH]ccc(Br)c1Cl. The van der Waals surface area contributed by atoms with Crippen molar-refractivity contribution >= 4 is 125 Å². The Morgan fingerprint density at radius 3 is 1.67 bits per heavy atom. The Labute approximate surface area is 593 Å². The van der Waals surface area contributed by atoms with Crippen molar-refractivity contribution in [2.45, 2.75) is 169 Å². The number of ether oxygens (including phenoxy) is 1. The number of H-pyrrole nitrogens is 1. The van der Waals surface area contributed by atoms with E-state index >= 15 is 0 Å². The van der Waals surface area contributed by atoms with Gasteiger partial charge in [0, 0.05) is 104 Å². The van der Waals surface area contributed by atoms with Crippen LogP contribution in [0.25, 0.3) is 11.3 Å². The van der Waals surface area contributed by atoms with Crippen LogP contribution in [0.5, 0.6) is 0 Å². The Bertz CT molecular complexity index is 3930. The summed E-state index contributed by atoms with van der Waals surface area (Å²) in [4.78, 5) is 83.3. The summed E-state index contributed by atoms with van der Waals surface area (Å²) >= 11 is 33.1. The minimum atomic E-state index is -0.601. The molecule has 0 unspecified atom stereocenters. The molecule has 5 aliphatic rings.